The monoisotopic (exact) mass is 431 g/mol. The second-order valence-electron chi connectivity index (χ2n) is 7.31. The number of benzene rings is 1. The smallest absolute Gasteiger partial charge is 0.416 e. The zero-order valence-corrected chi connectivity index (χ0v) is 16.7. The fraction of sp³-hybridized carbons (Fsp3) is 0.333. The van der Waals surface area contributed by atoms with Gasteiger partial charge in [-0.1, -0.05) is 6.92 Å². The summed E-state index contributed by atoms with van der Waals surface area (Å²) in [5.74, 6) is 0.622. The Morgan fingerprint density at radius 3 is 2.65 bits per heavy atom. The van der Waals surface area contributed by atoms with E-state index in [1.54, 1.807) is 12.1 Å². The Hall–Kier alpha value is -3.43. The van der Waals surface area contributed by atoms with E-state index in [1.165, 1.54) is 18.3 Å². The number of anilines is 2. The highest BCUT2D eigenvalue weighted by Gasteiger charge is 2.45. The van der Waals surface area contributed by atoms with Gasteiger partial charge in [-0.15, -0.1) is 10.2 Å². The lowest BCUT2D eigenvalue weighted by Gasteiger charge is -2.31. The van der Waals surface area contributed by atoms with E-state index in [9.17, 15) is 18.0 Å². The lowest BCUT2D eigenvalue weighted by Crippen LogP contribution is -2.48. The Morgan fingerprint density at radius 2 is 1.97 bits per heavy atom. The second kappa shape index (κ2) is 8.01. The SMILES string of the molecule is CCC1(c2nnc(-c3cccnc3Nc3ccc(C(F)(F)F)cc3)o2)CCCNC1=O. The van der Waals surface area contributed by atoms with Gasteiger partial charge in [0.1, 0.15) is 11.2 Å². The topological polar surface area (TPSA) is 92.9 Å². The summed E-state index contributed by atoms with van der Waals surface area (Å²) in [4.78, 5) is 16.8. The maximum atomic E-state index is 12.8. The number of pyridine rings is 1. The number of hydrogen-bond acceptors (Lipinski definition) is 6. The molecule has 162 valence electrons. The quantitative estimate of drug-likeness (QED) is 0.620. The Morgan fingerprint density at radius 1 is 1.19 bits per heavy atom. The van der Waals surface area contributed by atoms with Crippen molar-refractivity contribution in [3.8, 4) is 11.5 Å². The molecule has 1 unspecified atom stereocenters. The fourth-order valence-corrected chi connectivity index (χ4v) is 3.65. The average molecular weight is 431 g/mol. The molecule has 0 aliphatic carbocycles. The number of halogens is 3. The number of alkyl halides is 3. The molecule has 0 bridgehead atoms. The molecule has 10 heteroatoms. The highest BCUT2D eigenvalue weighted by Crippen LogP contribution is 2.37. The molecule has 0 saturated carbocycles. The first-order valence-corrected chi connectivity index (χ1v) is 9.85. The highest BCUT2D eigenvalue weighted by atomic mass is 19.4. The minimum absolute atomic E-state index is 0.134. The van der Waals surface area contributed by atoms with E-state index in [0.717, 1.165) is 18.6 Å². The van der Waals surface area contributed by atoms with E-state index in [-0.39, 0.29) is 17.7 Å². The molecule has 1 saturated heterocycles. The molecule has 3 heterocycles. The zero-order valence-electron chi connectivity index (χ0n) is 16.7. The van der Waals surface area contributed by atoms with Gasteiger partial charge in [-0.2, -0.15) is 13.2 Å². The number of aromatic nitrogens is 3. The van der Waals surface area contributed by atoms with Crippen LogP contribution in [-0.2, 0) is 16.4 Å². The number of nitrogens with one attached hydrogen (secondary N) is 2. The number of nitrogens with zero attached hydrogens (tertiary/aromatic N) is 3. The number of amides is 1. The first-order chi connectivity index (χ1) is 14.8. The summed E-state index contributed by atoms with van der Waals surface area (Å²) in [5, 5.41) is 14.1. The van der Waals surface area contributed by atoms with Gasteiger partial charge in [0, 0.05) is 18.4 Å². The molecule has 7 nitrogen and oxygen atoms in total. The van der Waals surface area contributed by atoms with Crippen LogP contribution in [0.5, 0.6) is 0 Å². The van der Waals surface area contributed by atoms with E-state index < -0.39 is 17.2 Å². The molecule has 2 N–H and O–H groups in total. The summed E-state index contributed by atoms with van der Waals surface area (Å²) >= 11 is 0. The summed E-state index contributed by atoms with van der Waals surface area (Å²) in [7, 11) is 0. The first-order valence-electron chi connectivity index (χ1n) is 9.85. The molecule has 0 radical (unpaired) electrons. The van der Waals surface area contributed by atoms with Crippen molar-refractivity contribution in [3.63, 3.8) is 0 Å². The number of piperidine rings is 1. The van der Waals surface area contributed by atoms with Crippen LogP contribution in [0.25, 0.3) is 11.5 Å². The van der Waals surface area contributed by atoms with Crippen molar-refractivity contribution in [2.24, 2.45) is 0 Å². The largest absolute Gasteiger partial charge is 0.419 e. The van der Waals surface area contributed by atoms with Gasteiger partial charge in [0.25, 0.3) is 5.89 Å². The molecule has 3 aromatic rings. The average Bonchev–Trinajstić information content (AvgIpc) is 3.25. The maximum absolute atomic E-state index is 12.8. The van der Waals surface area contributed by atoms with Gasteiger partial charge in [-0.3, -0.25) is 4.79 Å². The van der Waals surface area contributed by atoms with Crippen LogP contribution in [-0.4, -0.2) is 27.6 Å². The van der Waals surface area contributed by atoms with Crippen LogP contribution in [0.1, 0.15) is 37.6 Å². The van der Waals surface area contributed by atoms with Crippen LogP contribution in [0.3, 0.4) is 0 Å². The molecule has 0 spiro atoms. The van der Waals surface area contributed by atoms with E-state index >= 15 is 0 Å². The molecule has 1 amide bonds. The van der Waals surface area contributed by atoms with E-state index in [1.807, 2.05) is 6.92 Å². The normalized spacial score (nSPS) is 19.2. The molecule has 2 aromatic heterocycles. The van der Waals surface area contributed by atoms with Crippen LogP contribution in [0.4, 0.5) is 24.7 Å². The van der Waals surface area contributed by atoms with Gasteiger partial charge in [0.05, 0.1) is 11.1 Å². The molecule has 31 heavy (non-hydrogen) atoms. The van der Waals surface area contributed by atoms with Gasteiger partial charge in [0.15, 0.2) is 0 Å². The van der Waals surface area contributed by atoms with Crippen molar-refractivity contribution in [1.82, 2.24) is 20.5 Å². The zero-order chi connectivity index (χ0) is 22.1. The third-order valence-corrected chi connectivity index (χ3v) is 5.45. The lowest BCUT2D eigenvalue weighted by molar-refractivity contribution is -0.137. The molecule has 4 rings (SSSR count). The lowest BCUT2D eigenvalue weighted by atomic mass is 9.77. The molecule has 1 aromatic carbocycles. The van der Waals surface area contributed by atoms with Crippen LogP contribution in [0, 0.1) is 0 Å². The van der Waals surface area contributed by atoms with Crippen LogP contribution >= 0.6 is 0 Å². The summed E-state index contributed by atoms with van der Waals surface area (Å²) in [5.41, 5.74) is -0.711. The molecule has 1 aliphatic rings. The van der Waals surface area contributed by atoms with Crippen LogP contribution in [0.2, 0.25) is 0 Å². The molecule has 1 fully saturated rings. The van der Waals surface area contributed by atoms with E-state index in [4.69, 9.17) is 4.42 Å². The third kappa shape index (κ3) is 3.97. The van der Waals surface area contributed by atoms with Crippen molar-refractivity contribution >= 4 is 17.4 Å². The Labute approximate surface area is 176 Å². The fourth-order valence-electron chi connectivity index (χ4n) is 3.65. The Balaban J connectivity index is 1.63. The van der Waals surface area contributed by atoms with E-state index in [2.05, 4.69) is 25.8 Å². The number of carbonyl (C=O) groups excluding carboxylic acids is 1. The van der Waals surface area contributed by atoms with Crippen LogP contribution < -0.4 is 10.6 Å². The number of hydrogen-bond donors (Lipinski definition) is 2. The molecular formula is C21H20F3N5O2. The first kappa shape index (κ1) is 20.8. The molecule has 1 aliphatic heterocycles. The summed E-state index contributed by atoms with van der Waals surface area (Å²) in [6, 6.07) is 8.00. The molecular weight excluding hydrogens is 411 g/mol. The van der Waals surface area contributed by atoms with Crippen molar-refractivity contribution in [1.29, 1.82) is 0 Å². The third-order valence-electron chi connectivity index (χ3n) is 5.45. The van der Waals surface area contributed by atoms with Crippen molar-refractivity contribution in [3.05, 3.63) is 54.0 Å². The predicted octanol–water partition coefficient (Wildman–Crippen LogP) is 4.45. The summed E-state index contributed by atoms with van der Waals surface area (Å²) < 4.78 is 44.3. The van der Waals surface area contributed by atoms with Crippen molar-refractivity contribution in [2.75, 3.05) is 11.9 Å². The van der Waals surface area contributed by atoms with Gasteiger partial charge < -0.3 is 15.1 Å². The summed E-state index contributed by atoms with van der Waals surface area (Å²) in [6.07, 6.45) is -0.930. The highest BCUT2D eigenvalue weighted by molar-refractivity contribution is 5.87. The minimum Gasteiger partial charge on any atom is -0.419 e. The summed E-state index contributed by atoms with van der Waals surface area (Å²) in [6.45, 7) is 2.52. The number of carbonyl (C=O) groups is 1. The van der Waals surface area contributed by atoms with Gasteiger partial charge in [-0.05, 0) is 55.7 Å². The standard InChI is InChI=1S/C21H20F3N5O2/c1-2-20(10-4-12-26-18(20)30)19-29-28-17(31-19)15-5-3-11-25-16(15)27-14-8-6-13(7-9-14)21(22,23)24/h3,5-9,11H,2,4,10,12H2,1H3,(H,25,27)(H,26,30). The van der Waals surface area contributed by atoms with E-state index in [0.29, 0.717) is 36.5 Å². The predicted molar refractivity (Wildman–Crippen MR) is 106 cm³/mol. The Kier molecular flexibility index (Phi) is 5.38. The minimum atomic E-state index is -4.41. The van der Waals surface area contributed by atoms with Gasteiger partial charge in [-0.25, -0.2) is 4.98 Å². The number of rotatable bonds is 5. The molecule has 1 atom stereocenters. The van der Waals surface area contributed by atoms with Crippen molar-refractivity contribution in [2.45, 2.75) is 37.8 Å². The van der Waals surface area contributed by atoms with Gasteiger partial charge >= 0.3 is 6.18 Å². The van der Waals surface area contributed by atoms with Gasteiger partial charge in [0.2, 0.25) is 11.8 Å². The second-order valence-corrected chi connectivity index (χ2v) is 7.31. The maximum Gasteiger partial charge on any atom is 0.416 e. The Bertz CT molecular complexity index is 1080. The van der Waals surface area contributed by atoms with Crippen molar-refractivity contribution < 1.29 is 22.4 Å². The van der Waals surface area contributed by atoms with Crippen LogP contribution in [0.15, 0.2) is 47.0 Å².